The molecule has 0 saturated carbocycles. The van der Waals surface area contributed by atoms with Crippen LogP contribution in [0.4, 0.5) is 11.5 Å². The Morgan fingerprint density at radius 2 is 1.77 bits per heavy atom. The van der Waals surface area contributed by atoms with Crippen molar-refractivity contribution in [1.82, 2.24) is 15.4 Å². The summed E-state index contributed by atoms with van der Waals surface area (Å²) < 4.78 is 23.5. The Bertz CT molecular complexity index is 1310. The lowest BCUT2D eigenvalue weighted by molar-refractivity contribution is 0.598. The minimum atomic E-state index is -3.73. The van der Waals surface area contributed by atoms with Crippen molar-refractivity contribution >= 4 is 60.4 Å². The molecule has 0 aliphatic rings. The number of anilines is 2. The molecule has 11 heteroatoms. The summed E-state index contributed by atoms with van der Waals surface area (Å²) in [5, 5.41) is 8.33. The van der Waals surface area contributed by atoms with Gasteiger partial charge in [-0.15, -0.1) is 11.3 Å². The van der Waals surface area contributed by atoms with Gasteiger partial charge >= 0.3 is 0 Å². The van der Waals surface area contributed by atoms with Gasteiger partial charge in [-0.1, -0.05) is 30.3 Å². The average molecular weight is 457 g/mol. The number of hydrazine groups is 1. The van der Waals surface area contributed by atoms with Crippen LogP contribution >= 0.6 is 23.6 Å². The monoisotopic (exact) mass is 456 g/mol. The van der Waals surface area contributed by atoms with Gasteiger partial charge in [0.25, 0.3) is 0 Å². The first-order valence-corrected chi connectivity index (χ1v) is 11.4. The number of aromatic nitrogens is 2. The molecule has 5 N–H and O–H groups in total. The van der Waals surface area contributed by atoms with Crippen molar-refractivity contribution in [1.29, 1.82) is 0 Å². The number of thiophene rings is 1. The van der Waals surface area contributed by atoms with Crippen LogP contribution in [0, 0.1) is 0 Å². The highest BCUT2D eigenvalue weighted by molar-refractivity contribution is 7.89. The number of benzene rings is 2. The highest BCUT2D eigenvalue weighted by Crippen LogP contribution is 2.35. The lowest BCUT2D eigenvalue weighted by Gasteiger charge is -2.12. The quantitative estimate of drug-likeness (QED) is 0.266. The Balaban J connectivity index is 1.45. The number of hydrogen-bond acceptors (Lipinski definition) is 7. The van der Waals surface area contributed by atoms with E-state index in [2.05, 4.69) is 26.1 Å². The van der Waals surface area contributed by atoms with E-state index in [-0.39, 0.29) is 10.0 Å². The molecule has 30 heavy (non-hydrogen) atoms. The maximum atomic E-state index is 11.3. The fraction of sp³-hybridized carbons (Fsp3) is 0. The molecule has 0 radical (unpaired) electrons. The Hall–Kier alpha value is -3.12. The smallest absolute Gasteiger partial charge is 0.238 e. The third-order valence-electron chi connectivity index (χ3n) is 4.10. The number of primary sulfonamides is 1. The van der Waals surface area contributed by atoms with Crippen LogP contribution in [0.1, 0.15) is 0 Å². The molecule has 8 nitrogen and oxygen atoms in total. The number of nitrogens with one attached hydrogen (secondary N) is 3. The molecule has 0 bridgehead atoms. The van der Waals surface area contributed by atoms with Crippen molar-refractivity contribution in [3.05, 3.63) is 67.0 Å². The predicted octanol–water partition coefficient (Wildman–Crippen LogP) is 3.32. The summed E-state index contributed by atoms with van der Waals surface area (Å²) in [6, 6.07) is 18.0. The van der Waals surface area contributed by atoms with E-state index in [4.69, 9.17) is 17.4 Å². The average Bonchev–Trinajstić information content (AvgIpc) is 3.18. The van der Waals surface area contributed by atoms with Crippen molar-refractivity contribution in [2.75, 3.05) is 10.7 Å². The second-order valence-electron chi connectivity index (χ2n) is 6.19. The lowest BCUT2D eigenvalue weighted by atomic mass is 10.2. The van der Waals surface area contributed by atoms with Crippen LogP contribution in [0.2, 0.25) is 0 Å². The van der Waals surface area contributed by atoms with Crippen LogP contribution in [0.5, 0.6) is 0 Å². The Kier molecular flexibility index (Phi) is 5.59. The normalized spacial score (nSPS) is 11.2. The molecule has 4 aromatic rings. The summed E-state index contributed by atoms with van der Waals surface area (Å²) in [6.45, 7) is 0. The zero-order valence-electron chi connectivity index (χ0n) is 15.4. The summed E-state index contributed by atoms with van der Waals surface area (Å²) in [6.07, 6.45) is 1.48. The van der Waals surface area contributed by atoms with E-state index >= 15 is 0 Å². The minimum Gasteiger partial charge on any atom is -0.331 e. The molecular formula is C19H16N6O2S3. The highest BCUT2D eigenvalue weighted by atomic mass is 32.2. The van der Waals surface area contributed by atoms with Crippen LogP contribution in [-0.4, -0.2) is 23.5 Å². The summed E-state index contributed by atoms with van der Waals surface area (Å²) in [5.41, 5.74) is 8.42. The van der Waals surface area contributed by atoms with Crippen molar-refractivity contribution in [2.24, 2.45) is 5.14 Å². The maximum absolute atomic E-state index is 11.3. The summed E-state index contributed by atoms with van der Waals surface area (Å²) in [5.74, 6) is 0.598. The predicted molar refractivity (Wildman–Crippen MR) is 124 cm³/mol. The highest BCUT2D eigenvalue weighted by Gasteiger charge is 2.11. The maximum Gasteiger partial charge on any atom is 0.238 e. The van der Waals surface area contributed by atoms with E-state index in [0.29, 0.717) is 11.5 Å². The van der Waals surface area contributed by atoms with Gasteiger partial charge in [0.1, 0.15) is 6.33 Å². The Morgan fingerprint density at radius 1 is 1.03 bits per heavy atom. The fourth-order valence-electron chi connectivity index (χ4n) is 2.69. The number of nitrogens with zero attached hydrogens (tertiary/aromatic N) is 2. The van der Waals surface area contributed by atoms with Crippen molar-refractivity contribution in [2.45, 2.75) is 4.90 Å². The van der Waals surface area contributed by atoms with E-state index < -0.39 is 10.0 Å². The summed E-state index contributed by atoms with van der Waals surface area (Å²) >= 11 is 6.85. The van der Waals surface area contributed by atoms with Crippen molar-refractivity contribution in [3.63, 3.8) is 0 Å². The molecule has 0 spiro atoms. The molecule has 0 saturated heterocycles. The van der Waals surface area contributed by atoms with E-state index in [9.17, 15) is 8.42 Å². The molecule has 2 aromatic heterocycles. The first-order chi connectivity index (χ1) is 14.4. The van der Waals surface area contributed by atoms with Gasteiger partial charge < -0.3 is 5.32 Å². The van der Waals surface area contributed by atoms with Crippen LogP contribution in [-0.2, 0) is 10.0 Å². The van der Waals surface area contributed by atoms with Crippen LogP contribution in [0.25, 0.3) is 20.7 Å². The molecule has 0 fully saturated rings. The zero-order chi connectivity index (χ0) is 21.1. The zero-order valence-corrected chi connectivity index (χ0v) is 17.8. The number of nitrogens with two attached hydrogens (primary N) is 1. The van der Waals surface area contributed by atoms with Crippen molar-refractivity contribution in [3.8, 4) is 10.4 Å². The number of fused-ring (bicyclic) bond motifs is 1. The molecule has 152 valence electrons. The van der Waals surface area contributed by atoms with Crippen molar-refractivity contribution < 1.29 is 8.42 Å². The second-order valence-corrected chi connectivity index (χ2v) is 9.21. The van der Waals surface area contributed by atoms with Gasteiger partial charge in [-0.25, -0.2) is 23.5 Å². The molecule has 0 amide bonds. The third-order valence-corrected chi connectivity index (χ3v) is 6.42. The largest absolute Gasteiger partial charge is 0.331 e. The summed E-state index contributed by atoms with van der Waals surface area (Å²) in [4.78, 5) is 9.74. The van der Waals surface area contributed by atoms with Gasteiger partial charge in [0.15, 0.2) is 10.9 Å². The van der Waals surface area contributed by atoms with Gasteiger partial charge in [0, 0.05) is 10.6 Å². The lowest BCUT2D eigenvalue weighted by Crippen LogP contribution is -2.33. The van der Waals surface area contributed by atoms with Gasteiger partial charge in [-0.05, 0) is 48.1 Å². The molecule has 2 heterocycles. The molecule has 0 unspecified atom stereocenters. The SMILES string of the molecule is NS(=O)(=O)c1ccc(NC(=S)NNc2ncnc3cc(-c4ccccc4)sc23)cc1. The second kappa shape index (κ2) is 8.32. The van der Waals surface area contributed by atoms with Crippen LogP contribution in [0.15, 0.2) is 71.9 Å². The minimum absolute atomic E-state index is 0.0281. The summed E-state index contributed by atoms with van der Waals surface area (Å²) in [7, 11) is -3.73. The van der Waals surface area contributed by atoms with Gasteiger partial charge in [0.2, 0.25) is 10.0 Å². The van der Waals surface area contributed by atoms with Crippen LogP contribution < -0.4 is 21.3 Å². The Morgan fingerprint density at radius 3 is 2.47 bits per heavy atom. The molecule has 2 aromatic carbocycles. The molecule has 0 atom stereocenters. The number of hydrogen-bond donors (Lipinski definition) is 4. The van der Waals surface area contributed by atoms with Crippen LogP contribution in [0.3, 0.4) is 0 Å². The molecule has 0 aliphatic heterocycles. The van der Waals surface area contributed by atoms with E-state index in [1.54, 1.807) is 23.5 Å². The fourth-order valence-corrected chi connectivity index (χ4v) is 4.44. The number of sulfonamides is 1. The topological polar surface area (TPSA) is 122 Å². The molecule has 0 aliphatic carbocycles. The third kappa shape index (κ3) is 4.54. The molecular weight excluding hydrogens is 440 g/mol. The van der Waals surface area contributed by atoms with Gasteiger partial charge in [0.05, 0.1) is 15.1 Å². The van der Waals surface area contributed by atoms with Gasteiger partial charge in [-0.2, -0.15) is 0 Å². The van der Waals surface area contributed by atoms with E-state index in [1.807, 2.05) is 36.4 Å². The first-order valence-electron chi connectivity index (χ1n) is 8.66. The molecule has 4 rings (SSSR count). The van der Waals surface area contributed by atoms with Gasteiger partial charge in [-0.3, -0.25) is 10.9 Å². The standard InChI is InChI=1S/C19H16N6O2S3/c20-30(26,27)14-8-6-13(7-9-14)23-19(28)25-24-18-17-15(21-11-22-18)10-16(29-17)12-4-2-1-3-5-12/h1-11H,(H2,20,26,27)(H,21,22,24)(H2,23,25,28). The first kappa shape index (κ1) is 20.2. The number of thiocarbonyl (C=S) groups is 1. The number of rotatable bonds is 5. The Labute approximate surface area is 182 Å². The van der Waals surface area contributed by atoms with E-state index in [1.165, 1.54) is 18.5 Å². The van der Waals surface area contributed by atoms with E-state index in [0.717, 1.165) is 20.7 Å².